The van der Waals surface area contributed by atoms with Gasteiger partial charge in [-0.2, -0.15) is 0 Å². The Bertz CT molecular complexity index is 1260. The van der Waals surface area contributed by atoms with Gasteiger partial charge >= 0.3 is 0 Å². The van der Waals surface area contributed by atoms with E-state index >= 15 is 0 Å². The van der Waals surface area contributed by atoms with Gasteiger partial charge in [0.2, 0.25) is 0 Å². The summed E-state index contributed by atoms with van der Waals surface area (Å²) >= 11 is 0. The van der Waals surface area contributed by atoms with Crippen molar-refractivity contribution in [2.45, 2.75) is 12.8 Å². The van der Waals surface area contributed by atoms with E-state index in [1.165, 1.54) is 0 Å². The van der Waals surface area contributed by atoms with E-state index in [1.54, 1.807) is 6.20 Å². The maximum atomic E-state index is 12.6. The number of fused-ring (bicyclic) bond motifs is 1. The predicted octanol–water partition coefficient (Wildman–Crippen LogP) is 4.46. The van der Waals surface area contributed by atoms with Crippen LogP contribution < -0.4 is 5.32 Å². The van der Waals surface area contributed by atoms with Gasteiger partial charge in [0.25, 0.3) is 5.91 Å². The summed E-state index contributed by atoms with van der Waals surface area (Å²) < 4.78 is 0. The first-order valence-electron chi connectivity index (χ1n) is 10.3. The number of benzene rings is 2. The van der Waals surface area contributed by atoms with Crippen molar-refractivity contribution in [2.24, 2.45) is 0 Å². The molecular formula is C26H21N3O2. The van der Waals surface area contributed by atoms with Gasteiger partial charge in [-0.05, 0) is 23.8 Å². The third-order valence-electron chi connectivity index (χ3n) is 5.59. The van der Waals surface area contributed by atoms with Gasteiger partial charge in [-0.3, -0.25) is 14.6 Å². The van der Waals surface area contributed by atoms with E-state index in [4.69, 9.17) is 0 Å². The van der Waals surface area contributed by atoms with Crippen molar-refractivity contribution in [2.75, 3.05) is 6.54 Å². The molecule has 31 heavy (non-hydrogen) atoms. The van der Waals surface area contributed by atoms with E-state index in [-0.39, 0.29) is 11.7 Å². The largest absolute Gasteiger partial charge is 0.358 e. The minimum atomic E-state index is -0.0335. The van der Waals surface area contributed by atoms with Crippen molar-refractivity contribution < 1.29 is 9.59 Å². The van der Waals surface area contributed by atoms with E-state index in [0.717, 1.165) is 40.2 Å². The number of amides is 1. The number of rotatable bonds is 5. The van der Waals surface area contributed by atoms with Gasteiger partial charge in [0.15, 0.2) is 5.78 Å². The zero-order valence-corrected chi connectivity index (χ0v) is 16.9. The number of nitrogens with one attached hydrogen (secondary N) is 2. The average molecular weight is 407 g/mol. The fourth-order valence-electron chi connectivity index (χ4n) is 3.92. The van der Waals surface area contributed by atoms with Crippen LogP contribution in [0.15, 0.2) is 79.0 Å². The van der Waals surface area contributed by atoms with Crippen LogP contribution in [0.5, 0.6) is 0 Å². The van der Waals surface area contributed by atoms with Gasteiger partial charge in [-0.1, -0.05) is 54.6 Å². The van der Waals surface area contributed by atoms with Crippen molar-refractivity contribution in [3.8, 4) is 22.5 Å². The summed E-state index contributed by atoms with van der Waals surface area (Å²) in [6.07, 6.45) is 2.95. The Hall–Kier alpha value is -3.99. The van der Waals surface area contributed by atoms with Crippen molar-refractivity contribution in [3.63, 3.8) is 0 Å². The number of Topliss-reactive ketones (excluding diaryl/α,β-unsaturated/α-hetero) is 1. The topological polar surface area (TPSA) is 74.8 Å². The van der Waals surface area contributed by atoms with E-state index in [0.29, 0.717) is 24.1 Å². The Kier molecular flexibility index (Phi) is 4.92. The highest BCUT2D eigenvalue weighted by atomic mass is 16.1. The van der Waals surface area contributed by atoms with Crippen LogP contribution in [0.25, 0.3) is 22.5 Å². The number of hydrogen-bond acceptors (Lipinski definition) is 3. The molecule has 5 heteroatoms. The van der Waals surface area contributed by atoms with Gasteiger partial charge in [0, 0.05) is 53.7 Å². The lowest BCUT2D eigenvalue weighted by Gasteiger charge is -2.11. The van der Waals surface area contributed by atoms with Gasteiger partial charge in [-0.15, -0.1) is 0 Å². The second-order valence-corrected chi connectivity index (χ2v) is 7.67. The molecule has 0 atom stereocenters. The third-order valence-corrected chi connectivity index (χ3v) is 5.59. The number of aromatic amines is 1. The molecule has 1 aliphatic rings. The number of carbonyl (C=O) groups excluding carboxylic acids is 2. The molecule has 152 valence electrons. The average Bonchev–Trinajstić information content (AvgIpc) is 3.26. The highest BCUT2D eigenvalue weighted by molar-refractivity contribution is 5.98. The Balaban J connectivity index is 1.38. The zero-order valence-electron chi connectivity index (χ0n) is 16.9. The minimum absolute atomic E-state index is 0.0335. The number of carbonyl (C=O) groups is 2. The Morgan fingerprint density at radius 1 is 0.935 bits per heavy atom. The predicted molar refractivity (Wildman–Crippen MR) is 120 cm³/mol. The maximum Gasteiger partial charge on any atom is 0.253 e. The fourth-order valence-corrected chi connectivity index (χ4v) is 3.92. The second kappa shape index (κ2) is 8.03. The minimum Gasteiger partial charge on any atom is -0.358 e. The van der Waals surface area contributed by atoms with Crippen molar-refractivity contribution in [1.82, 2.24) is 15.3 Å². The number of aromatic nitrogens is 2. The molecule has 1 amide bonds. The number of nitrogens with zero attached hydrogens (tertiary/aromatic N) is 1. The molecule has 5 rings (SSSR count). The van der Waals surface area contributed by atoms with Crippen LogP contribution in [0.4, 0.5) is 0 Å². The highest BCUT2D eigenvalue weighted by Crippen LogP contribution is 2.27. The van der Waals surface area contributed by atoms with Gasteiger partial charge in [0.1, 0.15) is 0 Å². The molecule has 0 saturated heterocycles. The third kappa shape index (κ3) is 3.90. The zero-order chi connectivity index (χ0) is 21.2. The molecular weight excluding hydrogens is 386 g/mol. The molecule has 0 fully saturated rings. The van der Waals surface area contributed by atoms with Crippen LogP contribution in [0, 0.1) is 0 Å². The summed E-state index contributed by atoms with van der Waals surface area (Å²) in [6, 6.07) is 23.1. The molecule has 0 radical (unpaired) electrons. The van der Waals surface area contributed by atoms with E-state index < -0.39 is 0 Å². The highest BCUT2D eigenvalue weighted by Gasteiger charge is 2.20. The molecule has 0 spiro atoms. The Morgan fingerprint density at radius 2 is 1.74 bits per heavy atom. The lowest BCUT2D eigenvalue weighted by atomic mass is 10.0. The molecule has 2 aromatic heterocycles. The van der Waals surface area contributed by atoms with Crippen LogP contribution >= 0.6 is 0 Å². The monoisotopic (exact) mass is 407 g/mol. The molecule has 4 aromatic rings. The smallest absolute Gasteiger partial charge is 0.253 e. The number of pyridine rings is 1. The van der Waals surface area contributed by atoms with Crippen LogP contribution in [-0.4, -0.2) is 28.2 Å². The first kappa shape index (κ1) is 19.0. The van der Waals surface area contributed by atoms with Crippen molar-refractivity contribution >= 4 is 11.7 Å². The molecule has 5 nitrogen and oxygen atoms in total. The molecule has 3 heterocycles. The van der Waals surface area contributed by atoms with Crippen molar-refractivity contribution in [1.29, 1.82) is 0 Å². The van der Waals surface area contributed by atoms with E-state index in [2.05, 4.69) is 15.3 Å². The van der Waals surface area contributed by atoms with Crippen LogP contribution in [-0.2, 0) is 12.8 Å². The summed E-state index contributed by atoms with van der Waals surface area (Å²) in [5, 5.41) is 2.87. The van der Waals surface area contributed by atoms with Crippen LogP contribution in [0.1, 0.15) is 32.0 Å². The first-order chi connectivity index (χ1) is 15.2. The molecule has 0 aliphatic carbocycles. The summed E-state index contributed by atoms with van der Waals surface area (Å²) in [4.78, 5) is 32.5. The molecule has 0 bridgehead atoms. The standard InChI is InChI=1S/C26H21N3O2/c30-25(14-17-4-2-1-3-5-17)19-8-6-18(7-9-19)23-15-20(10-12-27-23)24-16-21-22(29-24)11-13-28-26(21)31/h1-10,12,15-16,29H,11,13-14H2,(H,28,31). The maximum absolute atomic E-state index is 12.6. The molecule has 0 unspecified atom stereocenters. The summed E-state index contributed by atoms with van der Waals surface area (Å²) in [6.45, 7) is 0.655. The number of ketones is 1. The summed E-state index contributed by atoms with van der Waals surface area (Å²) in [7, 11) is 0. The number of hydrogen-bond donors (Lipinski definition) is 2. The molecule has 2 N–H and O–H groups in total. The van der Waals surface area contributed by atoms with E-state index in [9.17, 15) is 9.59 Å². The fraction of sp³-hybridized carbons (Fsp3) is 0.115. The Morgan fingerprint density at radius 3 is 2.52 bits per heavy atom. The number of H-pyrrole nitrogens is 1. The van der Waals surface area contributed by atoms with E-state index in [1.807, 2.05) is 72.8 Å². The first-order valence-corrected chi connectivity index (χ1v) is 10.3. The molecule has 0 saturated carbocycles. The summed E-state index contributed by atoms with van der Waals surface area (Å²) in [5.74, 6) is 0.0588. The van der Waals surface area contributed by atoms with Crippen LogP contribution in [0.3, 0.4) is 0 Å². The van der Waals surface area contributed by atoms with Gasteiger partial charge < -0.3 is 10.3 Å². The SMILES string of the molecule is O=C(Cc1ccccc1)c1ccc(-c2cc(-c3cc4c([nH]3)CCNC4=O)ccn2)cc1. The summed E-state index contributed by atoms with van der Waals surface area (Å²) in [5.41, 5.74) is 7.00. The second-order valence-electron chi connectivity index (χ2n) is 7.67. The molecule has 1 aliphatic heterocycles. The lowest BCUT2D eigenvalue weighted by molar-refractivity contribution is 0.0944. The molecule has 2 aromatic carbocycles. The quantitative estimate of drug-likeness (QED) is 0.480. The van der Waals surface area contributed by atoms with Gasteiger partial charge in [-0.25, -0.2) is 0 Å². The Labute approximate surface area is 180 Å². The van der Waals surface area contributed by atoms with Gasteiger partial charge in [0.05, 0.1) is 11.3 Å². The van der Waals surface area contributed by atoms with Crippen LogP contribution in [0.2, 0.25) is 0 Å². The normalized spacial score (nSPS) is 12.8. The lowest BCUT2D eigenvalue weighted by Crippen LogP contribution is -2.31. The van der Waals surface area contributed by atoms with Crippen molar-refractivity contribution in [3.05, 3.63) is 101 Å².